The number of nitrogens with two attached hydrogens (primary N) is 1. The molecule has 5 nitrogen and oxygen atoms in total. The number of rotatable bonds is 4. The summed E-state index contributed by atoms with van der Waals surface area (Å²) < 4.78 is 2.21. The van der Waals surface area contributed by atoms with E-state index in [1.54, 1.807) is 12.3 Å². The molecule has 2 atom stereocenters. The third-order valence-corrected chi connectivity index (χ3v) is 5.05. The molecule has 25 heavy (non-hydrogen) atoms. The van der Waals surface area contributed by atoms with Crippen molar-refractivity contribution in [1.82, 2.24) is 9.47 Å². The van der Waals surface area contributed by atoms with E-state index >= 15 is 0 Å². The number of nitrogens with zero attached hydrogens (tertiary/aromatic N) is 2. The Hall–Kier alpha value is -1.63. The van der Waals surface area contributed by atoms with Crippen molar-refractivity contribution in [1.29, 1.82) is 0 Å². The van der Waals surface area contributed by atoms with E-state index < -0.39 is 0 Å². The van der Waals surface area contributed by atoms with E-state index in [1.807, 2.05) is 23.1 Å². The van der Waals surface area contributed by atoms with Gasteiger partial charge >= 0.3 is 0 Å². The van der Waals surface area contributed by atoms with Gasteiger partial charge in [0.2, 0.25) is 5.91 Å². The summed E-state index contributed by atoms with van der Waals surface area (Å²) in [7, 11) is 0. The van der Waals surface area contributed by atoms with Gasteiger partial charge in [0.25, 0.3) is 5.56 Å². The van der Waals surface area contributed by atoms with Crippen LogP contribution in [0.15, 0.2) is 57.9 Å². The molecule has 0 radical (unpaired) electrons. The largest absolute Gasteiger partial charge is 0.340 e. The molecule has 0 aliphatic carbocycles. The highest BCUT2D eigenvalue weighted by molar-refractivity contribution is 9.10. The number of carbonyl (C=O) groups excluding carboxylic acids is 1. The van der Waals surface area contributed by atoms with Gasteiger partial charge in [0.1, 0.15) is 6.54 Å². The van der Waals surface area contributed by atoms with Crippen molar-refractivity contribution in [3.05, 3.63) is 69.1 Å². The van der Waals surface area contributed by atoms with Crippen molar-refractivity contribution in [2.24, 2.45) is 11.7 Å². The summed E-state index contributed by atoms with van der Waals surface area (Å²) in [5, 5.41) is 0. The first-order valence-electron chi connectivity index (χ1n) is 7.97. The maximum Gasteiger partial charge on any atom is 0.251 e. The number of hydrogen-bond donors (Lipinski definition) is 1. The molecule has 1 aliphatic rings. The van der Waals surface area contributed by atoms with Crippen LogP contribution in [0.4, 0.5) is 0 Å². The van der Waals surface area contributed by atoms with Crippen LogP contribution in [0.2, 0.25) is 0 Å². The van der Waals surface area contributed by atoms with Crippen LogP contribution in [0.1, 0.15) is 11.5 Å². The van der Waals surface area contributed by atoms with Crippen molar-refractivity contribution in [3.8, 4) is 0 Å². The fraction of sp³-hybridized carbons (Fsp3) is 0.333. The van der Waals surface area contributed by atoms with Crippen molar-refractivity contribution in [3.63, 3.8) is 0 Å². The lowest BCUT2D eigenvalue weighted by Gasteiger charge is -2.17. The van der Waals surface area contributed by atoms with E-state index in [-0.39, 0.29) is 42.3 Å². The zero-order valence-corrected chi connectivity index (χ0v) is 16.1. The third kappa shape index (κ3) is 4.51. The van der Waals surface area contributed by atoms with E-state index in [4.69, 9.17) is 5.73 Å². The first-order valence-corrected chi connectivity index (χ1v) is 8.76. The summed E-state index contributed by atoms with van der Waals surface area (Å²) in [6, 6.07) is 13.3. The zero-order valence-electron chi connectivity index (χ0n) is 13.7. The highest BCUT2D eigenvalue weighted by Gasteiger charge is 2.35. The number of hydrogen-bond acceptors (Lipinski definition) is 3. The van der Waals surface area contributed by atoms with Crippen LogP contribution in [-0.4, -0.2) is 35.0 Å². The molecule has 0 spiro atoms. The van der Waals surface area contributed by atoms with Gasteiger partial charge in [0.15, 0.2) is 0 Å². The molecule has 1 saturated heterocycles. The van der Waals surface area contributed by atoms with Crippen molar-refractivity contribution >= 4 is 34.2 Å². The molecular weight excluding hydrogens is 406 g/mol. The van der Waals surface area contributed by atoms with E-state index in [0.717, 1.165) is 4.47 Å². The van der Waals surface area contributed by atoms with Gasteiger partial charge < -0.3 is 15.2 Å². The molecule has 2 aromatic rings. The number of likely N-dealkylation sites (tertiary alicyclic amines) is 1. The van der Waals surface area contributed by atoms with Gasteiger partial charge in [-0.05, 0) is 40.0 Å². The lowest BCUT2D eigenvalue weighted by molar-refractivity contribution is -0.131. The Morgan fingerprint density at radius 1 is 1.16 bits per heavy atom. The Morgan fingerprint density at radius 2 is 1.88 bits per heavy atom. The maximum absolute atomic E-state index is 12.6. The van der Waals surface area contributed by atoms with Gasteiger partial charge in [-0.3, -0.25) is 9.59 Å². The average molecular weight is 427 g/mol. The molecule has 2 heterocycles. The monoisotopic (exact) mass is 425 g/mol. The Balaban J connectivity index is 0.00000225. The minimum atomic E-state index is -0.180. The van der Waals surface area contributed by atoms with Crippen molar-refractivity contribution < 1.29 is 4.79 Å². The molecule has 134 valence electrons. The zero-order chi connectivity index (χ0) is 17.1. The Labute approximate surface area is 161 Å². The second-order valence-corrected chi connectivity index (χ2v) is 7.04. The average Bonchev–Trinajstić information content (AvgIpc) is 3.03. The molecular formula is C18H21BrClN3O2. The van der Waals surface area contributed by atoms with Crippen molar-refractivity contribution in [2.45, 2.75) is 12.5 Å². The Kier molecular flexibility index (Phi) is 6.81. The molecule has 1 aliphatic heterocycles. The second-order valence-electron chi connectivity index (χ2n) is 6.13. The minimum absolute atomic E-state index is 0. The fourth-order valence-electron chi connectivity index (χ4n) is 3.26. The Bertz CT molecular complexity index is 781. The topological polar surface area (TPSA) is 68.3 Å². The highest BCUT2D eigenvalue weighted by Crippen LogP contribution is 2.32. The number of carbonyl (C=O) groups is 1. The number of benzene rings is 1. The van der Waals surface area contributed by atoms with E-state index in [0.29, 0.717) is 19.6 Å². The van der Waals surface area contributed by atoms with Crippen LogP contribution in [0.3, 0.4) is 0 Å². The van der Waals surface area contributed by atoms with Gasteiger partial charge in [-0.1, -0.05) is 30.3 Å². The number of halogens is 2. The molecule has 3 rings (SSSR count). The number of aromatic nitrogens is 1. The number of amides is 1. The van der Waals surface area contributed by atoms with Crippen LogP contribution in [0, 0.1) is 5.92 Å². The normalized spacial score (nSPS) is 19.5. The second kappa shape index (κ2) is 8.65. The summed E-state index contributed by atoms with van der Waals surface area (Å²) >= 11 is 3.33. The van der Waals surface area contributed by atoms with E-state index in [2.05, 4.69) is 28.1 Å². The molecule has 1 fully saturated rings. The summed E-state index contributed by atoms with van der Waals surface area (Å²) in [5.41, 5.74) is 6.95. The maximum atomic E-state index is 12.6. The predicted molar refractivity (Wildman–Crippen MR) is 104 cm³/mol. The predicted octanol–water partition coefficient (Wildman–Crippen LogP) is 2.23. The van der Waals surface area contributed by atoms with Crippen LogP contribution >= 0.6 is 28.3 Å². The molecule has 1 amide bonds. The lowest BCUT2D eigenvalue weighted by Crippen LogP contribution is -2.35. The number of pyridine rings is 1. The van der Waals surface area contributed by atoms with Crippen LogP contribution in [0.5, 0.6) is 0 Å². The Morgan fingerprint density at radius 3 is 2.56 bits per heavy atom. The lowest BCUT2D eigenvalue weighted by atomic mass is 9.89. The minimum Gasteiger partial charge on any atom is -0.340 e. The molecule has 7 heteroatoms. The van der Waals surface area contributed by atoms with Gasteiger partial charge in [0.05, 0.1) is 0 Å². The first-order chi connectivity index (χ1) is 11.6. The summed E-state index contributed by atoms with van der Waals surface area (Å²) in [4.78, 5) is 26.3. The van der Waals surface area contributed by atoms with E-state index in [1.165, 1.54) is 16.2 Å². The third-order valence-electron chi connectivity index (χ3n) is 4.58. The molecule has 1 aromatic heterocycles. The summed E-state index contributed by atoms with van der Waals surface area (Å²) in [6.45, 7) is 1.88. The van der Waals surface area contributed by atoms with Gasteiger partial charge in [0, 0.05) is 35.7 Å². The van der Waals surface area contributed by atoms with Gasteiger partial charge in [-0.2, -0.15) is 0 Å². The highest BCUT2D eigenvalue weighted by atomic mass is 79.9. The van der Waals surface area contributed by atoms with Gasteiger partial charge in [-0.15, -0.1) is 12.4 Å². The summed E-state index contributed by atoms with van der Waals surface area (Å²) in [5.74, 6) is 0.446. The molecule has 0 saturated carbocycles. The quantitative estimate of drug-likeness (QED) is 0.815. The van der Waals surface area contributed by atoms with Crippen LogP contribution in [0.25, 0.3) is 0 Å². The molecule has 0 bridgehead atoms. The smallest absolute Gasteiger partial charge is 0.251 e. The van der Waals surface area contributed by atoms with E-state index in [9.17, 15) is 9.59 Å². The SMILES string of the molecule is Cl.NC[C@@H]1CN(C(=O)Cn2cc(Br)ccc2=O)C[C@H]1c1ccccc1. The summed E-state index contributed by atoms with van der Waals surface area (Å²) in [6.07, 6.45) is 1.64. The molecule has 2 N–H and O–H groups in total. The van der Waals surface area contributed by atoms with Crippen LogP contribution < -0.4 is 11.3 Å². The molecule has 1 aromatic carbocycles. The first kappa shape index (κ1) is 19.7. The fourth-order valence-corrected chi connectivity index (χ4v) is 3.64. The van der Waals surface area contributed by atoms with Crippen LogP contribution in [-0.2, 0) is 11.3 Å². The van der Waals surface area contributed by atoms with Crippen molar-refractivity contribution in [2.75, 3.05) is 19.6 Å². The molecule has 0 unspecified atom stereocenters. The standard InChI is InChI=1S/C18H20BrN3O2.ClH/c19-15-6-7-17(23)22(10-15)12-18(24)21-9-14(8-20)16(11-21)13-4-2-1-3-5-13;/h1-7,10,14,16H,8-9,11-12,20H2;1H/t14-,16+;/m1./s1. The van der Waals surface area contributed by atoms with Gasteiger partial charge in [-0.25, -0.2) is 0 Å².